The summed E-state index contributed by atoms with van der Waals surface area (Å²) in [6.45, 7) is 6.71. The van der Waals surface area contributed by atoms with Crippen LogP contribution in [0.25, 0.3) is 0 Å². The van der Waals surface area contributed by atoms with Crippen LogP contribution in [0.5, 0.6) is 11.5 Å². The Hall–Kier alpha value is -2.32. The Morgan fingerprint density at radius 1 is 0.971 bits per heavy atom. The second-order valence-electron chi connectivity index (χ2n) is 11.2. The number of hydrogen-bond donors (Lipinski definition) is 2. The van der Waals surface area contributed by atoms with Gasteiger partial charge in [0.2, 0.25) is 5.91 Å². The third kappa shape index (κ3) is 5.75. The van der Waals surface area contributed by atoms with Gasteiger partial charge in [-0.2, -0.15) is 0 Å². The Morgan fingerprint density at radius 3 is 2.11 bits per heavy atom. The van der Waals surface area contributed by atoms with Crippen molar-refractivity contribution in [1.82, 2.24) is 20.4 Å². The summed E-state index contributed by atoms with van der Waals surface area (Å²) in [7, 11) is 1.65. The lowest BCUT2D eigenvalue weighted by atomic mass is 9.53. The predicted octanol–water partition coefficient (Wildman–Crippen LogP) is 2.87. The minimum atomic E-state index is -0.324. The molecule has 0 spiro atoms. The van der Waals surface area contributed by atoms with E-state index in [0.29, 0.717) is 6.61 Å². The van der Waals surface area contributed by atoms with E-state index in [1.165, 1.54) is 19.3 Å². The molecule has 3 amide bonds. The van der Waals surface area contributed by atoms with Gasteiger partial charge in [0.15, 0.2) is 0 Å². The van der Waals surface area contributed by atoms with Crippen LogP contribution in [0.3, 0.4) is 0 Å². The number of carbonyl (C=O) groups is 2. The number of imide groups is 1. The van der Waals surface area contributed by atoms with Gasteiger partial charge in [0, 0.05) is 38.3 Å². The third-order valence-electron chi connectivity index (χ3n) is 8.72. The van der Waals surface area contributed by atoms with Crippen LogP contribution in [-0.4, -0.2) is 79.8 Å². The normalized spacial score (nSPS) is 31.1. The number of nitrogens with one attached hydrogen (secondary N) is 2. The largest absolute Gasteiger partial charge is 0.497 e. The highest BCUT2D eigenvalue weighted by atomic mass is 16.5. The number of rotatable bonds is 8. The number of nitrogens with zero attached hydrogens (tertiary/aromatic N) is 2. The molecule has 8 nitrogen and oxygen atoms in total. The number of carbonyl (C=O) groups excluding carboxylic acids is 2. The smallest absolute Gasteiger partial charge is 0.321 e. The van der Waals surface area contributed by atoms with Crippen molar-refractivity contribution in [3.8, 4) is 11.5 Å². The molecule has 35 heavy (non-hydrogen) atoms. The van der Waals surface area contributed by atoms with E-state index < -0.39 is 0 Å². The quantitative estimate of drug-likeness (QED) is 0.591. The van der Waals surface area contributed by atoms with Crippen LogP contribution >= 0.6 is 0 Å². The molecule has 5 aliphatic rings. The Labute approximate surface area is 208 Å². The molecule has 1 saturated heterocycles. The molecule has 1 aromatic rings. The summed E-state index contributed by atoms with van der Waals surface area (Å²) in [6, 6.07) is 6.98. The Bertz CT molecular complexity index is 862. The van der Waals surface area contributed by atoms with Gasteiger partial charge in [-0.25, -0.2) is 4.79 Å². The number of ether oxygens (including phenoxy) is 2. The van der Waals surface area contributed by atoms with Gasteiger partial charge in [-0.05, 0) is 87.5 Å². The van der Waals surface area contributed by atoms with E-state index in [1.807, 2.05) is 31.2 Å². The fraction of sp³-hybridized carbons (Fsp3) is 0.704. The summed E-state index contributed by atoms with van der Waals surface area (Å²) in [5, 5.41) is 5.90. The number of benzene rings is 1. The molecule has 1 aliphatic heterocycles. The first-order valence-electron chi connectivity index (χ1n) is 13.3. The maximum Gasteiger partial charge on any atom is 0.321 e. The Balaban J connectivity index is 1.02. The van der Waals surface area contributed by atoms with Crippen molar-refractivity contribution in [2.24, 2.45) is 17.8 Å². The number of urea groups is 1. The molecule has 1 atom stereocenters. The topological polar surface area (TPSA) is 83.1 Å². The molecule has 1 unspecified atom stereocenters. The molecule has 1 heterocycles. The van der Waals surface area contributed by atoms with E-state index in [0.717, 1.165) is 81.2 Å². The third-order valence-corrected chi connectivity index (χ3v) is 8.72. The van der Waals surface area contributed by atoms with Crippen LogP contribution in [0, 0.1) is 17.8 Å². The molecular formula is C27H40N4O4. The van der Waals surface area contributed by atoms with Crippen LogP contribution < -0.4 is 20.1 Å². The van der Waals surface area contributed by atoms with Gasteiger partial charge >= 0.3 is 6.03 Å². The zero-order chi connectivity index (χ0) is 24.4. The summed E-state index contributed by atoms with van der Waals surface area (Å²) in [6.07, 6.45) is 7.25. The maximum atomic E-state index is 12.8. The molecule has 4 bridgehead atoms. The SMILES string of the molecule is COc1ccc(OCCN2CCN(C(C)C(=O)NC(=O)NC34CC5CC(CC(C5)C3)C4)CC2)cc1. The molecule has 6 rings (SSSR count). The van der Waals surface area contributed by atoms with Crippen molar-refractivity contribution in [2.45, 2.75) is 57.0 Å². The van der Waals surface area contributed by atoms with Crippen LogP contribution in [-0.2, 0) is 4.79 Å². The summed E-state index contributed by atoms with van der Waals surface area (Å²) >= 11 is 0. The molecule has 0 radical (unpaired) electrons. The van der Waals surface area contributed by atoms with Crippen LogP contribution in [0.4, 0.5) is 4.79 Å². The highest BCUT2D eigenvalue weighted by molar-refractivity contribution is 5.97. The van der Waals surface area contributed by atoms with Gasteiger partial charge in [0.1, 0.15) is 18.1 Å². The molecule has 0 aromatic heterocycles. The summed E-state index contributed by atoms with van der Waals surface area (Å²) in [4.78, 5) is 30.1. The highest BCUT2D eigenvalue weighted by Crippen LogP contribution is 2.55. The standard InChI is InChI=1S/C27H40N4O4/c1-19(25(32)28-26(33)29-27-16-20-13-21(17-27)15-22(14-20)18-27)31-9-7-30(8-10-31)11-12-35-24-5-3-23(34-2)4-6-24/h3-6,19-22H,7-18H2,1-2H3,(H2,28,29,32,33). The summed E-state index contributed by atoms with van der Waals surface area (Å²) < 4.78 is 11.0. The molecule has 2 N–H and O–H groups in total. The van der Waals surface area contributed by atoms with Crippen molar-refractivity contribution in [2.75, 3.05) is 46.4 Å². The van der Waals surface area contributed by atoms with E-state index in [-0.39, 0.29) is 23.5 Å². The number of piperazine rings is 1. The first-order valence-corrected chi connectivity index (χ1v) is 13.3. The van der Waals surface area contributed by atoms with Crippen molar-refractivity contribution in [3.05, 3.63) is 24.3 Å². The average molecular weight is 485 g/mol. The van der Waals surface area contributed by atoms with E-state index in [9.17, 15) is 9.59 Å². The molecule has 4 saturated carbocycles. The monoisotopic (exact) mass is 484 g/mol. The average Bonchev–Trinajstić information content (AvgIpc) is 2.83. The Kier molecular flexibility index (Phi) is 7.21. The van der Waals surface area contributed by atoms with Crippen LogP contribution in [0.2, 0.25) is 0 Å². The molecule has 1 aromatic carbocycles. The first kappa shape index (κ1) is 24.4. The second-order valence-corrected chi connectivity index (χ2v) is 11.2. The fourth-order valence-electron chi connectivity index (χ4n) is 7.26. The van der Waals surface area contributed by atoms with Crippen molar-refractivity contribution < 1.29 is 19.1 Å². The summed E-state index contributed by atoms with van der Waals surface area (Å²) in [5.41, 5.74) is -0.0815. The Morgan fingerprint density at radius 2 is 1.54 bits per heavy atom. The van der Waals surface area contributed by atoms with Crippen LogP contribution in [0.15, 0.2) is 24.3 Å². The minimum absolute atomic E-state index is 0.0815. The van der Waals surface area contributed by atoms with E-state index in [4.69, 9.17) is 9.47 Å². The lowest BCUT2D eigenvalue weighted by Crippen LogP contribution is -2.63. The van der Waals surface area contributed by atoms with E-state index in [1.54, 1.807) is 7.11 Å². The lowest BCUT2D eigenvalue weighted by molar-refractivity contribution is -0.125. The first-order chi connectivity index (χ1) is 16.9. The second kappa shape index (κ2) is 10.3. The van der Waals surface area contributed by atoms with Gasteiger partial charge < -0.3 is 14.8 Å². The van der Waals surface area contributed by atoms with E-state index in [2.05, 4.69) is 20.4 Å². The van der Waals surface area contributed by atoms with E-state index >= 15 is 0 Å². The molecular weight excluding hydrogens is 444 g/mol. The molecule has 192 valence electrons. The van der Waals surface area contributed by atoms with Gasteiger partial charge in [0.25, 0.3) is 0 Å². The number of methoxy groups -OCH3 is 1. The predicted molar refractivity (Wildman–Crippen MR) is 134 cm³/mol. The molecule has 8 heteroatoms. The minimum Gasteiger partial charge on any atom is -0.497 e. The lowest BCUT2D eigenvalue weighted by Gasteiger charge is -2.56. The summed E-state index contributed by atoms with van der Waals surface area (Å²) in [5.74, 6) is 3.72. The van der Waals surface area contributed by atoms with Gasteiger partial charge in [0.05, 0.1) is 13.2 Å². The number of amides is 3. The zero-order valence-electron chi connectivity index (χ0n) is 21.1. The fourth-order valence-corrected chi connectivity index (χ4v) is 7.26. The van der Waals surface area contributed by atoms with Gasteiger partial charge in [-0.15, -0.1) is 0 Å². The van der Waals surface area contributed by atoms with Crippen molar-refractivity contribution in [1.29, 1.82) is 0 Å². The van der Waals surface area contributed by atoms with Gasteiger partial charge in [-0.3, -0.25) is 19.9 Å². The van der Waals surface area contributed by atoms with Crippen molar-refractivity contribution >= 4 is 11.9 Å². The van der Waals surface area contributed by atoms with Gasteiger partial charge in [-0.1, -0.05) is 0 Å². The molecule has 5 fully saturated rings. The molecule has 4 aliphatic carbocycles. The zero-order valence-corrected chi connectivity index (χ0v) is 21.1. The highest BCUT2D eigenvalue weighted by Gasteiger charge is 2.51. The van der Waals surface area contributed by atoms with Crippen molar-refractivity contribution in [3.63, 3.8) is 0 Å². The number of hydrogen-bond acceptors (Lipinski definition) is 6. The maximum absolute atomic E-state index is 12.8. The van der Waals surface area contributed by atoms with Crippen LogP contribution in [0.1, 0.15) is 45.4 Å².